The van der Waals surface area contributed by atoms with Crippen LogP contribution in [0, 0.1) is 0 Å². The van der Waals surface area contributed by atoms with Crippen molar-refractivity contribution in [3.63, 3.8) is 0 Å². The van der Waals surface area contributed by atoms with Crippen LogP contribution in [-0.4, -0.2) is 30.1 Å². The fourth-order valence-electron chi connectivity index (χ4n) is 2.07. The Bertz CT molecular complexity index is 573. The Kier molecular flexibility index (Phi) is 4.52. The molecule has 0 bridgehead atoms. The molecule has 0 aromatic heterocycles. The smallest absolute Gasteiger partial charge is 0.428 e. The summed E-state index contributed by atoms with van der Waals surface area (Å²) >= 11 is 0. The summed E-state index contributed by atoms with van der Waals surface area (Å²) in [4.78, 5) is 11.8. The maximum atomic E-state index is 11.8. The van der Waals surface area contributed by atoms with Gasteiger partial charge in [0.05, 0.1) is 11.2 Å². The van der Waals surface area contributed by atoms with Gasteiger partial charge in [0.2, 0.25) is 0 Å². The highest BCUT2D eigenvalue weighted by Crippen LogP contribution is 2.36. The van der Waals surface area contributed by atoms with Crippen molar-refractivity contribution in [3.05, 3.63) is 24.3 Å². The average molecular weight is 320 g/mol. The fourth-order valence-corrected chi connectivity index (χ4v) is 2.07. The number of carbonyl (C=O) groups is 1. The molecule has 0 amide bonds. The van der Waals surface area contributed by atoms with Crippen LogP contribution >= 0.6 is 0 Å². The summed E-state index contributed by atoms with van der Waals surface area (Å²) < 4.78 is 22.4. The Balaban J connectivity index is 2.11. The Morgan fingerprint density at radius 3 is 2.17 bits per heavy atom. The fraction of sp³-hybridized carbons (Fsp3) is 0.588. The molecule has 126 valence electrons. The molecule has 0 radical (unpaired) electrons. The van der Waals surface area contributed by atoms with E-state index in [-0.39, 0.29) is 0 Å². The molecule has 1 fully saturated rings. The normalized spacial score (nSPS) is 19.5. The zero-order valence-electron chi connectivity index (χ0n) is 14.9. The van der Waals surface area contributed by atoms with E-state index in [2.05, 4.69) is 0 Å². The van der Waals surface area contributed by atoms with E-state index in [4.69, 9.17) is 18.8 Å². The molecule has 2 rings (SSSR count). The molecule has 5 nitrogen and oxygen atoms in total. The Morgan fingerprint density at radius 2 is 1.65 bits per heavy atom. The standard InChI is InChI=1S/C17H25BO5/c1-15(2,3)21-14(19)20-13-10-8-9-12(11-13)18-22-16(4,5)17(6,7)23-18/h8-11H,1-7H3. The van der Waals surface area contributed by atoms with Gasteiger partial charge in [-0.1, -0.05) is 12.1 Å². The van der Waals surface area contributed by atoms with E-state index in [0.29, 0.717) is 5.75 Å². The molecule has 0 atom stereocenters. The van der Waals surface area contributed by atoms with Crippen molar-refractivity contribution in [3.8, 4) is 5.75 Å². The minimum atomic E-state index is -0.733. The summed E-state index contributed by atoms with van der Waals surface area (Å²) in [7, 11) is -0.498. The van der Waals surface area contributed by atoms with Crippen LogP contribution in [0.3, 0.4) is 0 Å². The maximum Gasteiger partial charge on any atom is 0.514 e. The van der Waals surface area contributed by atoms with Crippen LogP contribution in [0.4, 0.5) is 4.79 Å². The topological polar surface area (TPSA) is 54.0 Å². The van der Waals surface area contributed by atoms with Crippen LogP contribution in [0.1, 0.15) is 48.5 Å². The largest absolute Gasteiger partial charge is 0.514 e. The predicted molar refractivity (Wildman–Crippen MR) is 89.0 cm³/mol. The van der Waals surface area contributed by atoms with Crippen LogP contribution in [0.25, 0.3) is 0 Å². The van der Waals surface area contributed by atoms with E-state index in [1.807, 2.05) is 33.8 Å². The van der Waals surface area contributed by atoms with E-state index < -0.39 is 30.1 Å². The summed E-state index contributed by atoms with van der Waals surface area (Å²) in [5, 5.41) is 0. The molecule has 0 saturated carbocycles. The molecule has 0 unspecified atom stereocenters. The number of carbonyl (C=O) groups excluding carboxylic acids is 1. The van der Waals surface area contributed by atoms with Gasteiger partial charge < -0.3 is 18.8 Å². The molecule has 1 aliphatic heterocycles. The van der Waals surface area contributed by atoms with Crippen LogP contribution in [0.2, 0.25) is 0 Å². The predicted octanol–water partition coefficient (Wildman–Crippen LogP) is 3.30. The summed E-state index contributed by atoms with van der Waals surface area (Å²) in [6, 6.07) is 7.09. The Hall–Kier alpha value is -1.53. The molecule has 1 aromatic rings. The summed E-state index contributed by atoms with van der Waals surface area (Å²) in [6.07, 6.45) is -0.733. The lowest BCUT2D eigenvalue weighted by atomic mass is 9.79. The van der Waals surface area contributed by atoms with E-state index in [1.165, 1.54) is 0 Å². The lowest BCUT2D eigenvalue weighted by Gasteiger charge is -2.32. The van der Waals surface area contributed by atoms with Crippen LogP contribution in [-0.2, 0) is 14.0 Å². The first-order chi connectivity index (χ1) is 10.4. The first kappa shape index (κ1) is 17.8. The molecule has 1 heterocycles. The second-order valence-corrected chi connectivity index (χ2v) is 7.73. The van der Waals surface area contributed by atoms with Crippen molar-refractivity contribution in [1.29, 1.82) is 0 Å². The van der Waals surface area contributed by atoms with Crippen molar-refractivity contribution in [1.82, 2.24) is 0 Å². The van der Waals surface area contributed by atoms with Crippen LogP contribution in [0.5, 0.6) is 5.75 Å². The second-order valence-electron chi connectivity index (χ2n) is 7.73. The minimum absolute atomic E-state index is 0.395. The van der Waals surface area contributed by atoms with Gasteiger partial charge in [-0.2, -0.15) is 0 Å². The zero-order valence-corrected chi connectivity index (χ0v) is 14.9. The molecule has 1 saturated heterocycles. The molecular weight excluding hydrogens is 295 g/mol. The van der Waals surface area contributed by atoms with Gasteiger partial charge in [0.15, 0.2) is 0 Å². The summed E-state index contributed by atoms with van der Waals surface area (Å²) in [5.41, 5.74) is -0.635. The van der Waals surface area contributed by atoms with Crippen molar-refractivity contribution in [2.45, 2.75) is 65.3 Å². The third-order valence-electron chi connectivity index (χ3n) is 3.97. The SMILES string of the molecule is CC(C)(C)OC(=O)Oc1cccc(B2OC(C)(C)C(C)(C)O2)c1. The lowest BCUT2D eigenvalue weighted by Crippen LogP contribution is -2.41. The third kappa shape index (κ3) is 4.27. The third-order valence-corrected chi connectivity index (χ3v) is 3.97. The Labute approximate surface area is 138 Å². The monoisotopic (exact) mass is 320 g/mol. The molecule has 0 N–H and O–H groups in total. The van der Waals surface area contributed by atoms with Gasteiger partial charge in [-0.3, -0.25) is 0 Å². The molecule has 0 aliphatic carbocycles. The van der Waals surface area contributed by atoms with Gasteiger partial charge >= 0.3 is 13.3 Å². The summed E-state index contributed by atoms with van der Waals surface area (Å²) in [6.45, 7) is 13.3. The van der Waals surface area contributed by atoms with Gasteiger partial charge in [0.25, 0.3) is 0 Å². The average Bonchev–Trinajstić information content (AvgIpc) is 2.56. The highest BCUT2D eigenvalue weighted by atomic mass is 16.7. The molecular formula is C17H25BO5. The molecule has 1 aliphatic rings. The van der Waals surface area contributed by atoms with Gasteiger partial charge in [-0.25, -0.2) is 4.79 Å². The van der Waals surface area contributed by atoms with E-state index in [1.54, 1.807) is 39.0 Å². The van der Waals surface area contributed by atoms with Crippen molar-refractivity contribution < 1.29 is 23.6 Å². The molecule has 0 spiro atoms. The van der Waals surface area contributed by atoms with E-state index in [9.17, 15) is 4.79 Å². The highest BCUT2D eigenvalue weighted by Gasteiger charge is 2.51. The number of hydrogen-bond acceptors (Lipinski definition) is 5. The van der Waals surface area contributed by atoms with Gasteiger partial charge in [0.1, 0.15) is 11.4 Å². The van der Waals surface area contributed by atoms with Gasteiger partial charge in [0, 0.05) is 0 Å². The van der Waals surface area contributed by atoms with Crippen molar-refractivity contribution in [2.75, 3.05) is 0 Å². The van der Waals surface area contributed by atoms with Crippen molar-refractivity contribution >= 4 is 18.7 Å². The Morgan fingerprint density at radius 1 is 1.09 bits per heavy atom. The number of rotatable bonds is 2. The van der Waals surface area contributed by atoms with Gasteiger partial charge in [-0.05, 0) is 66.1 Å². The molecule has 6 heteroatoms. The zero-order chi connectivity index (χ0) is 17.5. The first-order valence-corrected chi connectivity index (χ1v) is 7.76. The number of ether oxygens (including phenoxy) is 2. The number of benzene rings is 1. The maximum absolute atomic E-state index is 11.8. The van der Waals surface area contributed by atoms with Crippen LogP contribution < -0.4 is 10.2 Å². The van der Waals surface area contributed by atoms with Crippen LogP contribution in [0.15, 0.2) is 24.3 Å². The van der Waals surface area contributed by atoms with Gasteiger partial charge in [-0.15, -0.1) is 0 Å². The van der Waals surface area contributed by atoms with E-state index >= 15 is 0 Å². The minimum Gasteiger partial charge on any atom is -0.428 e. The summed E-state index contributed by atoms with van der Waals surface area (Å²) in [5.74, 6) is 0.395. The molecule has 23 heavy (non-hydrogen) atoms. The van der Waals surface area contributed by atoms with E-state index in [0.717, 1.165) is 5.46 Å². The molecule has 1 aromatic carbocycles. The lowest BCUT2D eigenvalue weighted by molar-refractivity contribution is 0.00578. The first-order valence-electron chi connectivity index (χ1n) is 7.76. The van der Waals surface area contributed by atoms with Crippen molar-refractivity contribution in [2.24, 2.45) is 0 Å². The second kappa shape index (κ2) is 5.84. The quantitative estimate of drug-likeness (QED) is 0.475. The number of hydrogen-bond donors (Lipinski definition) is 0. The highest BCUT2D eigenvalue weighted by molar-refractivity contribution is 6.62.